The van der Waals surface area contributed by atoms with Gasteiger partial charge in [0, 0.05) is 5.56 Å². The van der Waals surface area contributed by atoms with Crippen LogP contribution in [0.3, 0.4) is 0 Å². The second-order valence-electron chi connectivity index (χ2n) is 7.65. The molecule has 3 nitrogen and oxygen atoms in total. The highest BCUT2D eigenvalue weighted by molar-refractivity contribution is 5.96. The number of carbonyl (C=O) groups is 1. The summed E-state index contributed by atoms with van der Waals surface area (Å²) >= 11 is 0. The van der Waals surface area contributed by atoms with Crippen molar-refractivity contribution in [3.05, 3.63) is 28.8 Å². The Hall–Kier alpha value is -1.51. The number of primary amides is 1. The number of nitrogens with two attached hydrogens (primary N) is 1. The van der Waals surface area contributed by atoms with Gasteiger partial charge in [0.15, 0.2) is 0 Å². The van der Waals surface area contributed by atoms with Crippen molar-refractivity contribution >= 4 is 5.91 Å². The van der Waals surface area contributed by atoms with Gasteiger partial charge < -0.3 is 10.8 Å². The molecular formula is C19H27NO2. The molecule has 0 bridgehead atoms. The minimum absolute atomic E-state index is 0.143. The Morgan fingerprint density at radius 1 is 1.45 bits per heavy atom. The number of phenols is 1. The number of rotatable bonds is 2. The summed E-state index contributed by atoms with van der Waals surface area (Å²) in [7, 11) is 0. The smallest absolute Gasteiger partial charge is 0.252 e. The van der Waals surface area contributed by atoms with Gasteiger partial charge in [-0.1, -0.05) is 39.7 Å². The van der Waals surface area contributed by atoms with E-state index in [-0.39, 0.29) is 16.7 Å². The van der Waals surface area contributed by atoms with Gasteiger partial charge in [-0.3, -0.25) is 4.79 Å². The number of amides is 1. The number of benzene rings is 1. The molecule has 0 radical (unpaired) electrons. The van der Waals surface area contributed by atoms with Crippen LogP contribution in [0.5, 0.6) is 5.75 Å². The third-order valence-corrected chi connectivity index (χ3v) is 6.42. The zero-order valence-corrected chi connectivity index (χ0v) is 13.9. The average molecular weight is 301 g/mol. The van der Waals surface area contributed by atoms with Crippen molar-refractivity contribution in [2.24, 2.45) is 23.0 Å². The highest BCUT2D eigenvalue weighted by Crippen LogP contribution is 2.60. The number of fused-ring (bicyclic) bond motifs is 3. The highest BCUT2D eigenvalue weighted by Gasteiger charge is 2.49. The Labute approximate surface area is 132 Å². The third-order valence-electron chi connectivity index (χ3n) is 6.42. The molecule has 3 rings (SSSR count). The van der Waals surface area contributed by atoms with E-state index in [1.54, 1.807) is 6.07 Å². The Morgan fingerprint density at radius 3 is 2.82 bits per heavy atom. The quantitative estimate of drug-likeness (QED) is 0.867. The maximum absolute atomic E-state index is 11.6. The van der Waals surface area contributed by atoms with Crippen LogP contribution in [0.25, 0.3) is 0 Å². The summed E-state index contributed by atoms with van der Waals surface area (Å²) in [5.74, 6) is 1.26. The molecule has 120 valence electrons. The Morgan fingerprint density at radius 2 is 2.18 bits per heavy atom. The molecule has 1 aromatic rings. The molecule has 1 saturated carbocycles. The standard InChI is InChI=1S/C19H27NO2/c1-4-13-10-12-5-6-14(18(20)22)17(21)16(12)15-9-11(2)7-8-19(13,15)3/h5-6,11,13,15,21H,4,7-10H2,1-3H3,(H2,20,22). The lowest BCUT2D eigenvalue weighted by Crippen LogP contribution is -2.43. The maximum Gasteiger partial charge on any atom is 0.252 e. The highest BCUT2D eigenvalue weighted by atomic mass is 16.3. The van der Waals surface area contributed by atoms with Crippen LogP contribution in [-0.4, -0.2) is 11.0 Å². The van der Waals surface area contributed by atoms with Crippen molar-refractivity contribution in [1.29, 1.82) is 0 Å². The second kappa shape index (κ2) is 5.29. The van der Waals surface area contributed by atoms with Crippen molar-refractivity contribution < 1.29 is 9.90 Å². The molecule has 4 unspecified atom stereocenters. The van der Waals surface area contributed by atoms with E-state index in [4.69, 9.17) is 5.73 Å². The van der Waals surface area contributed by atoms with E-state index in [0.717, 1.165) is 18.4 Å². The molecule has 4 atom stereocenters. The minimum atomic E-state index is -0.538. The molecule has 3 heteroatoms. The van der Waals surface area contributed by atoms with Gasteiger partial charge in [-0.25, -0.2) is 0 Å². The molecule has 0 heterocycles. The van der Waals surface area contributed by atoms with Gasteiger partial charge >= 0.3 is 0 Å². The van der Waals surface area contributed by atoms with E-state index in [2.05, 4.69) is 20.8 Å². The molecule has 0 saturated heterocycles. The minimum Gasteiger partial charge on any atom is -0.507 e. The average Bonchev–Trinajstić information content (AvgIpc) is 2.47. The van der Waals surface area contributed by atoms with Gasteiger partial charge in [0.05, 0.1) is 5.56 Å². The van der Waals surface area contributed by atoms with Gasteiger partial charge in [-0.05, 0) is 54.1 Å². The van der Waals surface area contributed by atoms with Crippen LogP contribution in [0.2, 0.25) is 0 Å². The van der Waals surface area contributed by atoms with Crippen molar-refractivity contribution in [2.45, 2.75) is 58.8 Å². The number of hydrogen-bond acceptors (Lipinski definition) is 2. The largest absolute Gasteiger partial charge is 0.507 e. The first-order valence-electron chi connectivity index (χ1n) is 8.53. The number of carbonyl (C=O) groups excluding carboxylic acids is 1. The molecule has 22 heavy (non-hydrogen) atoms. The fourth-order valence-corrected chi connectivity index (χ4v) is 4.98. The third kappa shape index (κ3) is 2.13. The van der Waals surface area contributed by atoms with E-state index >= 15 is 0 Å². The maximum atomic E-state index is 11.6. The van der Waals surface area contributed by atoms with Crippen LogP contribution in [0.15, 0.2) is 12.1 Å². The van der Waals surface area contributed by atoms with Crippen LogP contribution in [0.4, 0.5) is 0 Å². The summed E-state index contributed by atoms with van der Waals surface area (Å²) in [6, 6.07) is 3.70. The molecule has 0 aromatic heterocycles. The van der Waals surface area contributed by atoms with Gasteiger partial charge in [-0.15, -0.1) is 0 Å². The van der Waals surface area contributed by atoms with E-state index in [9.17, 15) is 9.90 Å². The van der Waals surface area contributed by atoms with Crippen molar-refractivity contribution in [2.75, 3.05) is 0 Å². The summed E-state index contributed by atoms with van der Waals surface area (Å²) < 4.78 is 0. The molecule has 1 amide bonds. The van der Waals surface area contributed by atoms with Crippen LogP contribution in [0, 0.1) is 17.3 Å². The normalized spacial score (nSPS) is 33.9. The van der Waals surface area contributed by atoms with Crippen LogP contribution >= 0.6 is 0 Å². The summed E-state index contributed by atoms with van der Waals surface area (Å²) in [4.78, 5) is 11.6. The van der Waals surface area contributed by atoms with Gasteiger partial charge in [0.2, 0.25) is 0 Å². The Kier molecular flexibility index (Phi) is 3.70. The molecule has 0 spiro atoms. The second-order valence-corrected chi connectivity index (χ2v) is 7.65. The molecule has 2 aliphatic rings. The molecule has 2 aliphatic carbocycles. The lowest BCUT2D eigenvalue weighted by molar-refractivity contribution is 0.0504. The summed E-state index contributed by atoms with van der Waals surface area (Å²) in [6.07, 6.45) is 5.72. The van der Waals surface area contributed by atoms with Gasteiger partial charge in [0.25, 0.3) is 5.91 Å². The topological polar surface area (TPSA) is 63.3 Å². The monoisotopic (exact) mass is 301 g/mol. The fraction of sp³-hybridized carbons (Fsp3) is 0.632. The lowest BCUT2D eigenvalue weighted by atomic mass is 9.52. The van der Waals surface area contributed by atoms with Crippen LogP contribution in [0.1, 0.15) is 73.9 Å². The first kappa shape index (κ1) is 15.4. The molecular weight excluding hydrogens is 274 g/mol. The molecule has 1 aromatic carbocycles. The van der Waals surface area contributed by atoms with E-state index in [1.165, 1.54) is 24.8 Å². The van der Waals surface area contributed by atoms with Crippen molar-refractivity contribution in [3.8, 4) is 5.75 Å². The number of aromatic hydroxyl groups is 1. The Bertz CT molecular complexity index is 610. The van der Waals surface area contributed by atoms with E-state index in [0.29, 0.717) is 17.8 Å². The zero-order valence-electron chi connectivity index (χ0n) is 13.9. The predicted octanol–water partition coefficient (Wildman–Crippen LogP) is 3.98. The molecule has 3 N–H and O–H groups in total. The number of hydrogen-bond donors (Lipinski definition) is 2. The summed E-state index contributed by atoms with van der Waals surface area (Å²) in [6.45, 7) is 6.95. The molecule has 0 aliphatic heterocycles. The van der Waals surface area contributed by atoms with Gasteiger partial charge in [-0.2, -0.15) is 0 Å². The predicted molar refractivity (Wildman–Crippen MR) is 88.0 cm³/mol. The Balaban J connectivity index is 2.17. The van der Waals surface area contributed by atoms with Crippen molar-refractivity contribution in [1.82, 2.24) is 0 Å². The van der Waals surface area contributed by atoms with Crippen LogP contribution in [-0.2, 0) is 6.42 Å². The van der Waals surface area contributed by atoms with E-state index < -0.39 is 5.91 Å². The first-order chi connectivity index (χ1) is 10.4. The lowest BCUT2D eigenvalue weighted by Gasteiger charge is -2.52. The summed E-state index contributed by atoms with van der Waals surface area (Å²) in [5.41, 5.74) is 8.15. The molecule has 1 fully saturated rings. The first-order valence-corrected chi connectivity index (χ1v) is 8.53. The van der Waals surface area contributed by atoms with Crippen molar-refractivity contribution in [3.63, 3.8) is 0 Å². The van der Waals surface area contributed by atoms with Gasteiger partial charge in [0.1, 0.15) is 5.75 Å². The SMILES string of the molecule is CCC1Cc2ccc(C(N)=O)c(O)c2C2CC(C)CCC12C. The van der Waals surface area contributed by atoms with Crippen LogP contribution < -0.4 is 5.73 Å². The summed E-state index contributed by atoms with van der Waals surface area (Å²) in [5, 5.41) is 10.7. The van der Waals surface area contributed by atoms with E-state index in [1.807, 2.05) is 6.07 Å². The zero-order chi connectivity index (χ0) is 16.1. The fourth-order valence-electron chi connectivity index (χ4n) is 4.98.